The highest BCUT2D eigenvalue weighted by molar-refractivity contribution is 5.73. The van der Waals surface area contributed by atoms with E-state index in [2.05, 4.69) is 28.3 Å². The summed E-state index contributed by atoms with van der Waals surface area (Å²) in [5.74, 6) is 2.06. The minimum Gasteiger partial charge on any atom is -0.363 e. The highest BCUT2D eigenvalue weighted by Gasteiger charge is 2.36. The molecule has 0 aromatic carbocycles. The Balaban J connectivity index is 2.01. The Morgan fingerprint density at radius 2 is 2.14 bits per heavy atom. The second-order valence-corrected chi connectivity index (χ2v) is 6.33. The van der Waals surface area contributed by atoms with Crippen molar-refractivity contribution in [1.82, 2.24) is 20.3 Å². The van der Waals surface area contributed by atoms with Gasteiger partial charge in [0.1, 0.15) is 11.6 Å². The van der Waals surface area contributed by atoms with Gasteiger partial charge in [0.25, 0.3) is 0 Å². The Morgan fingerprint density at radius 1 is 1.29 bits per heavy atom. The maximum Gasteiger partial charge on any atom is 0.179 e. The molecular formula is C16H25N5. The molecule has 0 saturated carbocycles. The van der Waals surface area contributed by atoms with E-state index in [0.717, 1.165) is 35.9 Å². The Hall–Kier alpha value is -1.62. The Morgan fingerprint density at radius 3 is 2.81 bits per heavy atom. The fraction of sp³-hybridized carbons (Fsp3) is 0.625. The maximum atomic E-state index is 4.84. The molecule has 0 spiro atoms. The highest BCUT2D eigenvalue weighted by Crippen LogP contribution is 2.35. The Bertz CT molecular complexity index is 605. The zero-order chi connectivity index (χ0) is 14.9. The summed E-state index contributed by atoms with van der Waals surface area (Å²) in [7, 11) is 4.01. The number of hydrogen-bond donors (Lipinski definition) is 2. The van der Waals surface area contributed by atoms with Gasteiger partial charge in [-0.05, 0) is 37.9 Å². The van der Waals surface area contributed by atoms with Crippen LogP contribution in [0.25, 0.3) is 11.2 Å². The lowest BCUT2D eigenvalue weighted by Crippen LogP contribution is -2.44. The van der Waals surface area contributed by atoms with Crippen LogP contribution in [0.15, 0.2) is 12.1 Å². The van der Waals surface area contributed by atoms with Gasteiger partial charge < -0.3 is 15.2 Å². The van der Waals surface area contributed by atoms with E-state index in [4.69, 9.17) is 4.98 Å². The molecule has 0 amide bonds. The molecule has 0 radical (unpaired) electrons. The summed E-state index contributed by atoms with van der Waals surface area (Å²) >= 11 is 0. The molecule has 5 heteroatoms. The summed E-state index contributed by atoms with van der Waals surface area (Å²) < 4.78 is 0. The topological polar surface area (TPSA) is 56.8 Å². The van der Waals surface area contributed by atoms with Crippen LogP contribution in [-0.2, 0) is 5.41 Å². The number of rotatable bonds is 4. The highest BCUT2D eigenvalue weighted by atomic mass is 15.2. The predicted octanol–water partition coefficient (Wildman–Crippen LogP) is 2.45. The van der Waals surface area contributed by atoms with Crippen LogP contribution in [0, 0.1) is 0 Å². The largest absolute Gasteiger partial charge is 0.363 e. The standard InChI is InChI=1S/C16H25N5/c1-4-8-16(9-5-10-17-11-16)15-18-12-6-7-13(21(2)3)19-14(12)20-15/h6-7,17H,4-5,8-11H2,1-3H3,(H,18,19,20). The summed E-state index contributed by atoms with van der Waals surface area (Å²) in [6.45, 7) is 4.39. The van der Waals surface area contributed by atoms with Crippen LogP contribution in [0.4, 0.5) is 5.82 Å². The van der Waals surface area contributed by atoms with E-state index < -0.39 is 0 Å². The fourth-order valence-electron chi connectivity index (χ4n) is 3.36. The first-order chi connectivity index (χ1) is 10.1. The molecule has 1 atom stereocenters. The van der Waals surface area contributed by atoms with E-state index in [9.17, 15) is 0 Å². The van der Waals surface area contributed by atoms with E-state index >= 15 is 0 Å². The molecule has 2 aromatic rings. The summed E-state index contributed by atoms with van der Waals surface area (Å²) in [6, 6.07) is 4.12. The first-order valence-corrected chi connectivity index (χ1v) is 7.90. The summed E-state index contributed by atoms with van der Waals surface area (Å²) in [5, 5.41) is 3.54. The minimum atomic E-state index is 0.145. The molecule has 3 heterocycles. The monoisotopic (exact) mass is 287 g/mol. The van der Waals surface area contributed by atoms with Gasteiger partial charge in [-0.1, -0.05) is 13.3 Å². The number of imidazole rings is 1. The third-order valence-electron chi connectivity index (χ3n) is 4.49. The van der Waals surface area contributed by atoms with Gasteiger partial charge in [-0.3, -0.25) is 0 Å². The van der Waals surface area contributed by atoms with Gasteiger partial charge in [0.05, 0.1) is 5.52 Å². The molecule has 1 unspecified atom stereocenters. The van der Waals surface area contributed by atoms with Crippen LogP contribution in [0.2, 0.25) is 0 Å². The third kappa shape index (κ3) is 2.62. The molecule has 21 heavy (non-hydrogen) atoms. The first kappa shape index (κ1) is 14.3. The molecule has 2 N–H and O–H groups in total. The van der Waals surface area contributed by atoms with Crippen LogP contribution in [0.1, 0.15) is 38.4 Å². The predicted molar refractivity (Wildman–Crippen MR) is 86.9 cm³/mol. The van der Waals surface area contributed by atoms with Crippen molar-refractivity contribution in [3.8, 4) is 0 Å². The van der Waals surface area contributed by atoms with Gasteiger partial charge in [-0.15, -0.1) is 0 Å². The molecule has 114 valence electrons. The average molecular weight is 287 g/mol. The number of nitrogens with zero attached hydrogens (tertiary/aromatic N) is 3. The number of aromatic amines is 1. The van der Waals surface area contributed by atoms with Crippen molar-refractivity contribution in [2.24, 2.45) is 0 Å². The molecule has 0 aliphatic carbocycles. The minimum absolute atomic E-state index is 0.145. The quantitative estimate of drug-likeness (QED) is 0.907. The normalized spacial score (nSPS) is 22.6. The second kappa shape index (κ2) is 5.64. The van der Waals surface area contributed by atoms with Gasteiger partial charge in [-0.2, -0.15) is 0 Å². The summed E-state index contributed by atoms with van der Waals surface area (Å²) in [4.78, 5) is 15.0. The summed E-state index contributed by atoms with van der Waals surface area (Å²) in [5.41, 5.74) is 2.01. The zero-order valence-corrected chi connectivity index (χ0v) is 13.2. The van der Waals surface area contributed by atoms with Gasteiger partial charge >= 0.3 is 0 Å². The fourth-order valence-corrected chi connectivity index (χ4v) is 3.36. The number of pyridine rings is 1. The van der Waals surface area contributed by atoms with Gasteiger partial charge in [0, 0.05) is 26.1 Å². The van der Waals surface area contributed by atoms with Crippen LogP contribution >= 0.6 is 0 Å². The second-order valence-electron chi connectivity index (χ2n) is 6.33. The number of aromatic nitrogens is 3. The number of H-pyrrole nitrogens is 1. The number of piperidine rings is 1. The van der Waals surface area contributed by atoms with Gasteiger partial charge in [-0.25, -0.2) is 9.97 Å². The smallest absolute Gasteiger partial charge is 0.179 e. The molecule has 2 aromatic heterocycles. The number of nitrogens with one attached hydrogen (secondary N) is 2. The van der Waals surface area contributed by atoms with Crippen molar-refractivity contribution in [3.63, 3.8) is 0 Å². The summed E-state index contributed by atoms with van der Waals surface area (Å²) in [6.07, 6.45) is 4.76. The van der Waals surface area contributed by atoms with E-state index in [0.29, 0.717) is 0 Å². The third-order valence-corrected chi connectivity index (χ3v) is 4.49. The van der Waals surface area contributed by atoms with Crippen molar-refractivity contribution in [3.05, 3.63) is 18.0 Å². The van der Waals surface area contributed by atoms with Gasteiger partial charge in [0.2, 0.25) is 0 Å². The van der Waals surface area contributed by atoms with Crippen LogP contribution < -0.4 is 10.2 Å². The van der Waals surface area contributed by atoms with Crippen molar-refractivity contribution in [1.29, 1.82) is 0 Å². The zero-order valence-electron chi connectivity index (χ0n) is 13.2. The SMILES string of the molecule is CCCC1(c2nc3nc(N(C)C)ccc3[nH]2)CCCNC1. The van der Waals surface area contributed by atoms with Crippen LogP contribution in [0.5, 0.6) is 0 Å². The molecule has 1 fully saturated rings. The molecule has 0 bridgehead atoms. The molecule has 1 saturated heterocycles. The van der Waals surface area contributed by atoms with E-state index in [1.165, 1.54) is 25.7 Å². The van der Waals surface area contributed by atoms with E-state index in [-0.39, 0.29) is 5.41 Å². The lowest BCUT2D eigenvalue weighted by Gasteiger charge is -2.35. The van der Waals surface area contributed by atoms with Gasteiger partial charge in [0.15, 0.2) is 5.65 Å². The van der Waals surface area contributed by atoms with Crippen molar-refractivity contribution >= 4 is 17.0 Å². The van der Waals surface area contributed by atoms with Crippen molar-refractivity contribution in [2.75, 3.05) is 32.1 Å². The van der Waals surface area contributed by atoms with Crippen LogP contribution in [0.3, 0.4) is 0 Å². The number of hydrogen-bond acceptors (Lipinski definition) is 4. The molecule has 5 nitrogen and oxygen atoms in total. The van der Waals surface area contributed by atoms with Crippen molar-refractivity contribution in [2.45, 2.75) is 38.0 Å². The Labute approximate surface area is 126 Å². The lowest BCUT2D eigenvalue weighted by molar-refractivity contribution is 0.278. The van der Waals surface area contributed by atoms with E-state index in [1.54, 1.807) is 0 Å². The molecule has 1 aliphatic heterocycles. The number of anilines is 1. The molecule has 3 rings (SSSR count). The van der Waals surface area contributed by atoms with Crippen LogP contribution in [-0.4, -0.2) is 42.1 Å². The number of fused-ring (bicyclic) bond motifs is 1. The van der Waals surface area contributed by atoms with E-state index in [1.807, 2.05) is 25.1 Å². The lowest BCUT2D eigenvalue weighted by atomic mass is 9.76. The first-order valence-electron chi connectivity index (χ1n) is 7.90. The van der Waals surface area contributed by atoms with Crippen molar-refractivity contribution < 1.29 is 0 Å². The molecule has 1 aliphatic rings. The average Bonchev–Trinajstić information content (AvgIpc) is 2.92. The Kier molecular flexibility index (Phi) is 3.85. The molecular weight excluding hydrogens is 262 g/mol. The maximum absolute atomic E-state index is 4.84.